The van der Waals surface area contributed by atoms with Gasteiger partial charge in [-0.15, -0.1) is 0 Å². The Hall–Kier alpha value is -0.120. The maximum absolute atomic E-state index is 5.60. The van der Waals surface area contributed by atoms with Crippen LogP contribution in [0.2, 0.25) is 0 Å². The van der Waals surface area contributed by atoms with E-state index in [9.17, 15) is 0 Å². The molecule has 0 aliphatic carbocycles. The van der Waals surface area contributed by atoms with Crippen molar-refractivity contribution in [2.75, 3.05) is 39.4 Å². The predicted molar refractivity (Wildman–Crippen MR) is 66.6 cm³/mol. The van der Waals surface area contributed by atoms with Gasteiger partial charge in [-0.05, 0) is 38.6 Å². The van der Waals surface area contributed by atoms with Crippen molar-refractivity contribution in [1.29, 1.82) is 0 Å². The molecule has 0 spiro atoms. The number of fused-ring (bicyclic) bond motifs is 1. The number of likely N-dealkylation sites (tertiary alicyclic amines) is 1. The fourth-order valence-electron chi connectivity index (χ4n) is 3.30. The molecule has 3 nitrogen and oxygen atoms in total. The van der Waals surface area contributed by atoms with Gasteiger partial charge in [0.2, 0.25) is 0 Å². The highest BCUT2D eigenvalue weighted by molar-refractivity contribution is 5.04. The summed E-state index contributed by atoms with van der Waals surface area (Å²) >= 11 is 0. The zero-order chi connectivity index (χ0) is 11.6. The first-order chi connectivity index (χ1) is 7.66. The molecule has 0 amide bonds. The molecule has 1 N–H and O–H groups in total. The number of hydrogen-bond donors (Lipinski definition) is 1. The second kappa shape index (κ2) is 5.03. The van der Waals surface area contributed by atoms with Crippen LogP contribution in [0.25, 0.3) is 0 Å². The zero-order valence-electron chi connectivity index (χ0n) is 11.0. The van der Waals surface area contributed by atoms with Crippen molar-refractivity contribution in [2.24, 2.45) is 11.8 Å². The van der Waals surface area contributed by atoms with Gasteiger partial charge in [-0.25, -0.2) is 0 Å². The van der Waals surface area contributed by atoms with E-state index < -0.39 is 0 Å². The number of nitrogens with zero attached hydrogens (tertiary/aromatic N) is 1. The number of nitrogens with one attached hydrogen (secondary N) is 1. The molecule has 2 aliphatic rings. The maximum atomic E-state index is 5.60. The number of hydrogen-bond acceptors (Lipinski definition) is 3. The van der Waals surface area contributed by atoms with Gasteiger partial charge >= 0.3 is 0 Å². The fourth-order valence-corrected chi connectivity index (χ4v) is 3.30. The first kappa shape index (κ1) is 12.3. The first-order valence-corrected chi connectivity index (χ1v) is 6.69. The van der Waals surface area contributed by atoms with E-state index in [1.165, 1.54) is 19.6 Å². The Morgan fingerprint density at radius 1 is 1.31 bits per heavy atom. The van der Waals surface area contributed by atoms with Gasteiger partial charge in [0.05, 0.1) is 6.61 Å². The van der Waals surface area contributed by atoms with E-state index in [0.717, 1.165) is 38.0 Å². The van der Waals surface area contributed by atoms with E-state index in [0.29, 0.717) is 5.54 Å². The highest BCUT2D eigenvalue weighted by atomic mass is 16.5. The first-order valence-electron chi connectivity index (χ1n) is 6.69. The molecule has 0 aromatic carbocycles. The van der Waals surface area contributed by atoms with Crippen LogP contribution in [-0.2, 0) is 4.74 Å². The van der Waals surface area contributed by atoms with Crippen LogP contribution in [0.15, 0.2) is 0 Å². The maximum Gasteiger partial charge on any atom is 0.0593 e. The lowest BCUT2D eigenvalue weighted by atomic mass is 9.85. The normalized spacial score (nSPS) is 33.2. The van der Waals surface area contributed by atoms with Crippen LogP contribution in [0, 0.1) is 11.8 Å². The molecule has 2 heterocycles. The Bertz CT molecular complexity index is 230. The third kappa shape index (κ3) is 2.27. The molecule has 0 saturated carbocycles. The second-order valence-electron chi connectivity index (χ2n) is 5.74. The molecule has 2 atom stereocenters. The van der Waals surface area contributed by atoms with Crippen molar-refractivity contribution < 1.29 is 4.74 Å². The lowest BCUT2D eigenvalue weighted by molar-refractivity contribution is 0.0693. The van der Waals surface area contributed by atoms with E-state index in [2.05, 4.69) is 31.0 Å². The van der Waals surface area contributed by atoms with Gasteiger partial charge in [-0.2, -0.15) is 0 Å². The molecule has 94 valence electrons. The Morgan fingerprint density at radius 2 is 2.12 bits per heavy atom. The fraction of sp³-hybridized carbons (Fsp3) is 1.00. The highest BCUT2D eigenvalue weighted by Gasteiger charge is 2.48. The average Bonchev–Trinajstić information content (AvgIpc) is 2.78. The summed E-state index contributed by atoms with van der Waals surface area (Å²) in [7, 11) is 0. The van der Waals surface area contributed by atoms with E-state index in [4.69, 9.17) is 4.74 Å². The monoisotopic (exact) mass is 226 g/mol. The SMILES string of the molecule is CCCOCCN1CC2CNCC2C1(C)C. The van der Waals surface area contributed by atoms with Crippen LogP contribution in [0.5, 0.6) is 0 Å². The van der Waals surface area contributed by atoms with Crippen LogP contribution in [0.4, 0.5) is 0 Å². The minimum absolute atomic E-state index is 0.351. The third-order valence-corrected chi connectivity index (χ3v) is 4.37. The van der Waals surface area contributed by atoms with Crippen LogP contribution < -0.4 is 5.32 Å². The molecule has 0 bridgehead atoms. The minimum atomic E-state index is 0.351. The summed E-state index contributed by atoms with van der Waals surface area (Å²) in [6.07, 6.45) is 1.12. The van der Waals surface area contributed by atoms with Crippen LogP contribution in [0.3, 0.4) is 0 Å². The molecule has 0 radical (unpaired) electrons. The number of rotatable bonds is 5. The van der Waals surface area contributed by atoms with Gasteiger partial charge < -0.3 is 10.1 Å². The lowest BCUT2D eigenvalue weighted by Crippen LogP contribution is -2.45. The molecule has 2 unspecified atom stereocenters. The van der Waals surface area contributed by atoms with Crippen molar-refractivity contribution >= 4 is 0 Å². The van der Waals surface area contributed by atoms with E-state index in [1.807, 2.05) is 0 Å². The summed E-state index contributed by atoms with van der Waals surface area (Å²) in [5.74, 6) is 1.69. The largest absolute Gasteiger partial charge is 0.380 e. The molecular formula is C13H26N2O. The van der Waals surface area contributed by atoms with Gasteiger partial charge in [-0.3, -0.25) is 4.90 Å². The van der Waals surface area contributed by atoms with Gasteiger partial charge in [0.25, 0.3) is 0 Å². The van der Waals surface area contributed by atoms with Crippen molar-refractivity contribution in [2.45, 2.75) is 32.7 Å². The van der Waals surface area contributed by atoms with Gasteiger partial charge in [0.15, 0.2) is 0 Å². The third-order valence-electron chi connectivity index (χ3n) is 4.37. The van der Waals surface area contributed by atoms with Crippen molar-refractivity contribution in [3.8, 4) is 0 Å². The number of ether oxygens (including phenoxy) is 1. The summed E-state index contributed by atoms with van der Waals surface area (Å²) in [5, 5.41) is 3.52. The molecular weight excluding hydrogens is 200 g/mol. The molecule has 2 rings (SSSR count). The van der Waals surface area contributed by atoms with Gasteiger partial charge in [-0.1, -0.05) is 6.92 Å². The Kier molecular flexibility index (Phi) is 3.88. The topological polar surface area (TPSA) is 24.5 Å². The Labute approximate surface area is 99.5 Å². The minimum Gasteiger partial charge on any atom is -0.380 e. The summed E-state index contributed by atoms with van der Waals surface area (Å²) < 4.78 is 5.60. The molecule has 2 aliphatic heterocycles. The van der Waals surface area contributed by atoms with Crippen LogP contribution >= 0.6 is 0 Å². The van der Waals surface area contributed by atoms with E-state index in [-0.39, 0.29) is 0 Å². The zero-order valence-corrected chi connectivity index (χ0v) is 11.0. The predicted octanol–water partition coefficient (Wildman–Crippen LogP) is 1.34. The standard InChI is InChI=1S/C13H26N2O/c1-4-6-16-7-5-15-10-11-8-14-9-12(11)13(15,2)3/h11-12,14H,4-10H2,1-3H3. The molecule has 0 aromatic rings. The van der Waals surface area contributed by atoms with Crippen molar-refractivity contribution in [3.05, 3.63) is 0 Å². The van der Waals surface area contributed by atoms with Crippen LogP contribution in [-0.4, -0.2) is 49.8 Å². The molecule has 0 aromatic heterocycles. The van der Waals surface area contributed by atoms with Crippen LogP contribution in [0.1, 0.15) is 27.2 Å². The summed E-state index contributed by atoms with van der Waals surface area (Å²) in [5.41, 5.74) is 0.351. The Balaban J connectivity index is 1.82. The van der Waals surface area contributed by atoms with Gasteiger partial charge in [0, 0.05) is 31.8 Å². The molecule has 16 heavy (non-hydrogen) atoms. The highest BCUT2D eigenvalue weighted by Crippen LogP contribution is 2.40. The second-order valence-corrected chi connectivity index (χ2v) is 5.74. The van der Waals surface area contributed by atoms with E-state index >= 15 is 0 Å². The lowest BCUT2D eigenvalue weighted by Gasteiger charge is -2.35. The molecule has 3 heteroatoms. The van der Waals surface area contributed by atoms with Crippen molar-refractivity contribution in [3.63, 3.8) is 0 Å². The summed E-state index contributed by atoms with van der Waals surface area (Å²) in [6, 6.07) is 0. The quantitative estimate of drug-likeness (QED) is 0.716. The summed E-state index contributed by atoms with van der Waals surface area (Å²) in [4.78, 5) is 2.62. The van der Waals surface area contributed by atoms with Gasteiger partial charge in [0.1, 0.15) is 0 Å². The average molecular weight is 226 g/mol. The summed E-state index contributed by atoms with van der Waals surface area (Å²) in [6.45, 7) is 13.5. The van der Waals surface area contributed by atoms with E-state index in [1.54, 1.807) is 0 Å². The molecule has 2 fully saturated rings. The smallest absolute Gasteiger partial charge is 0.0593 e. The Morgan fingerprint density at radius 3 is 2.81 bits per heavy atom. The molecule has 2 saturated heterocycles. The van der Waals surface area contributed by atoms with Crippen molar-refractivity contribution in [1.82, 2.24) is 10.2 Å².